The maximum Gasteiger partial charge on any atom is 0.0542 e. The van der Waals surface area contributed by atoms with Crippen molar-refractivity contribution in [2.45, 2.75) is 5.92 Å². The van der Waals surface area contributed by atoms with Crippen molar-refractivity contribution in [1.82, 2.24) is 9.55 Å². The van der Waals surface area contributed by atoms with Gasteiger partial charge in [0.05, 0.1) is 22.6 Å². The lowest BCUT2D eigenvalue weighted by Crippen LogP contribution is -2.10. The monoisotopic (exact) mass is 742 g/mol. The summed E-state index contributed by atoms with van der Waals surface area (Å²) in [4.78, 5) is 9.50. The molecule has 1 aliphatic rings. The van der Waals surface area contributed by atoms with E-state index >= 15 is 0 Å². The normalized spacial score (nSPS) is 13.0. The zero-order valence-corrected chi connectivity index (χ0v) is 31.7. The van der Waals surface area contributed by atoms with Gasteiger partial charge >= 0.3 is 0 Å². The first-order chi connectivity index (χ1) is 28.8. The second-order valence-corrected chi connectivity index (χ2v) is 14.8. The molecule has 1 atom stereocenters. The number of benzene rings is 8. The van der Waals surface area contributed by atoms with Crippen molar-refractivity contribution < 1.29 is 0 Å². The summed E-state index contributed by atoms with van der Waals surface area (Å²) >= 11 is 0. The van der Waals surface area contributed by atoms with Gasteiger partial charge < -0.3 is 14.4 Å². The molecule has 0 spiro atoms. The smallest absolute Gasteiger partial charge is 0.0542 e. The molecule has 58 heavy (non-hydrogen) atoms. The van der Waals surface area contributed by atoms with Gasteiger partial charge in [0, 0.05) is 56.8 Å². The van der Waals surface area contributed by atoms with Gasteiger partial charge in [0.25, 0.3) is 0 Å². The lowest BCUT2D eigenvalue weighted by Gasteiger charge is -2.26. The molecule has 8 aromatic carbocycles. The van der Waals surface area contributed by atoms with Crippen LogP contribution in [0.2, 0.25) is 0 Å². The van der Waals surface area contributed by atoms with Crippen molar-refractivity contribution in [2.75, 3.05) is 9.80 Å². The molecule has 10 aromatic rings. The molecule has 1 unspecified atom stereocenters. The van der Waals surface area contributed by atoms with Gasteiger partial charge in [-0.25, -0.2) is 0 Å². The van der Waals surface area contributed by atoms with Crippen LogP contribution in [0.25, 0.3) is 38.6 Å². The van der Waals surface area contributed by atoms with Gasteiger partial charge in [-0.15, -0.1) is 0 Å². The van der Waals surface area contributed by atoms with Crippen molar-refractivity contribution in [2.24, 2.45) is 0 Å². The number of aromatic nitrogens is 2. The van der Waals surface area contributed by atoms with Crippen LogP contribution in [-0.4, -0.2) is 9.55 Å². The molecule has 0 aliphatic heterocycles. The van der Waals surface area contributed by atoms with Gasteiger partial charge in [-0.2, -0.15) is 0 Å². The van der Waals surface area contributed by atoms with Crippen LogP contribution in [0.5, 0.6) is 0 Å². The first-order valence-electron chi connectivity index (χ1n) is 19.8. The molecule has 4 nitrogen and oxygen atoms in total. The average molecular weight is 743 g/mol. The third-order valence-electron chi connectivity index (χ3n) is 11.5. The molecule has 0 fully saturated rings. The second-order valence-electron chi connectivity index (χ2n) is 14.8. The zero-order valence-electron chi connectivity index (χ0n) is 31.7. The summed E-state index contributed by atoms with van der Waals surface area (Å²) in [7, 11) is 0. The highest BCUT2D eigenvalue weighted by atomic mass is 15.1. The van der Waals surface area contributed by atoms with E-state index < -0.39 is 0 Å². The minimum absolute atomic E-state index is 0.0999. The topological polar surface area (TPSA) is 24.3 Å². The standard InChI is InChI=1S/C54H38N4/c1-4-16-38(17-5-1)56(39-18-6-2-7-19-39)41-27-29-42(30-28-41)58-52-26-13-12-23-46(52)50-37-44(32-34-53(50)58)57(40-20-8-3-9-21-40)43-31-33-48-49(36-43)45-22-10-11-24-47(45)54(48)51-25-14-15-35-55-51/h1-37,54H. The number of pyridine rings is 1. The summed E-state index contributed by atoms with van der Waals surface area (Å²) in [5, 5.41) is 2.42. The average Bonchev–Trinajstić information content (AvgIpc) is 3.81. The van der Waals surface area contributed by atoms with Crippen LogP contribution in [-0.2, 0) is 0 Å². The predicted octanol–water partition coefficient (Wildman–Crippen LogP) is 14.3. The Morgan fingerprint density at radius 1 is 0.362 bits per heavy atom. The van der Waals surface area contributed by atoms with Gasteiger partial charge in [-0.3, -0.25) is 4.98 Å². The fraction of sp³-hybridized carbons (Fsp3) is 0.0185. The van der Waals surface area contributed by atoms with E-state index in [2.05, 4.69) is 227 Å². The van der Waals surface area contributed by atoms with Crippen molar-refractivity contribution in [1.29, 1.82) is 0 Å². The van der Waals surface area contributed by atoms with Crippen molar-refractivity contribution in [3.63, 3.8) is 0 Å². The molecule has 0 bridgehead atoms. The van der Waals surface area contributed by atoms with Crippen LogP contribution in [0, 0.1) is 0 Å². The van der Waals surface area contributed by atoms with E-state index in [-0.39, 0.29) is 5.92 Å². The predicted molar refractivity (Wildman–Crippen MR) is 241 cm³/mol. The molecule has 0 radical (unpaired) electrons. The number of hydrogen-bond acceptors (Lipinski definition) is 3. The van der Waals surface area contributed by atoms with Crippen LogP contribution in [0.15, 0.2) is 225 Å². The maximum atomic E-state index is 4.81. The van der Waals surface area contributed by atoms with E-state index in [0.29, 0.717) is 0 Å². The third kappa shape index (κ3) is 5.65. The van der Waals surface area contributed by atoms with Crippen molar-refractivity contribution in [3.05, 3.63) is 241 Å². The van der Waals surface area contributed by atoms with Gasteiger partial charge in [-0.05, 0) is 131 Å². The Balaban J connectivity index is 1.03. The molecular weight excluding hydrogens is 705 g/mol. The fourth-order valence-corrected chi connectivity index (χ4v) is 8.95. The van der Waals surface area contributed by atoms with Crippen LogP contribution >= 0.6 is 0 Å². The molecule has 0 amide bonds. The summed E-state index contributed by atoms with van der Waals surface area (Å²) in [5.41, 5.74) is 16.3. The number of fused-ring (bicyclic) bond motifs is 6. The number of para-hydroxylation sites is 4. The van der Waals surface area contributed by atoms with E-state index in [1.54, 1.807) is 0 Å². The Morgan fingerprint density at radius 3 is 1.57 bits per heavy atom. The van der Waals surface area contributed by atoms with Gasteiger partial charge in [-0.1, -0.05) is 109 Å². The number of hydrogen-bond donors (Lipinski definition) is 0. The molecule has 4 heteroatoms. The molecular formula is C54H38N4. The molecule has 2 heterocycles. The van der Waals surface area contributed by atoms with Crippen LogP contribution in [0.1, 0.15) is 22.7 Å². The van der Waals surface area contributed by atoms with E-state index in [1.165, 1.54) is 38.5 Å². The lowest BCUT2D eigenvalue weighted by atomic mass is 9.93. The maximum absolute atomic E-state index is 4.81. The summed E-state index contributed by atoms with van der Waals surface area (Å²) < 4.78 is 2.39. The molecule has 1 aliphatic carbocycles. The Kier molecular flexibility index (Phi) is 8.18. The number of nitrogens with zero attached hydrogens (tertiary/aromatic N) is 4. The third-order valence-corrected chi connectivity index (χ3v) is 11.5. The lowest BCUT2D eigenvalue weighted by molar-refractivity contribution is 0.946. The largest absolute Gasteiger partial charge is 0.311 e. The summed E-state index contributed by atoms with van der Waals surface area (Å²) in [6.07, 6.45) is 1.90. The molecule has 0 saturated carbocycles. The highest BCUT2D eigenvalue weighted by molar-refractivity contribution is 6.10. The van der Waals surface area contributed by atoms with Crippen LogP contribution in [0.3, 0.4) is 0 Å². The second kappa shape index (κ2) is 14.1. The van der Waals surface area contributed by atoms with E-state index in [0.717, 1.165) is 51.0 Å². The van der Waals surface area contributed by atoms with Gasteiger partial charge in [0.1, 0.15) is 0 Å². The summed E-state index contributed by atoms with van der Waals surface area (Å²) in [6, 6.07) is 78.4. The summed E-state index contributed by atoms with van der Waals surface area (Å²) in [5.74, 6) is 0.0999. The van der Waals surface area contributed by atoms with E-state index in [1.807, 2.05) is 12.3 Å². The highest BCUT2D eigenvalue weighted by Crippen LogP contribution is 2.50. The van der Waals surface area contributed by atoms with Crippen LogP contribution in [0.4, 0.5) is 34.1 Å². The Bertz CT molecular complexity index is 3010. The minimum atomic E-state index is 0.0999. The number of anilines is 6. The van der Waals surface area contributed by atoms with Gasteiger partial charge in [0.2, 0.25) is 0 Å². The Morgan fingerprint density at radius 2 is 0.879 bits per heavy atom. The SMILES string of the molecule is c1ccc(N(c2ccccc2)c2ccc(-n3c4ccccc4c4cc(N(c5ccccc5)c5ccc6c(c5)-c5ccccc5C6c5ccccn5)ccc43)cc2)cc1. The quantitative estimate of drug-likeness (QED) is 0.155. The highest BCUT2D eigenvalue weighted by Gasteiger charge is 2.31. The van der Waals surface area contributed by atoms with E-state index in [4.69, 9.17) is 4.98 Å². The molecule has 0 N–H and O–H groups in total. The van der Waals surface area contributed by atoms with E-state index in [9.17, 15) is 0 Å². The van der Waals surface area contributed by atoms with Crippen LogP contribution < -0.4 is 9.80 Å². The first kappa shape index (κ1) is 33.6. The Labute approximate surface area is 338 Å². The fourth-order valence-electron chi connectivity index (χ4n) is 8.95. The summed E-state index contributed by atoms with van der Waals surface area (Å²) in [6.45, 7) is 0. The van der Waals surface area contributed by atoms with Crippen molar-refractivity contribution >= 4 is 55.9 Å². The zero-order chi connectivity index (χ0) is 38.4. The van der Waals surface area contributed by atoms with Gasteiger partial charge in [0.15, 0.2) is 0 Å². The molecule has 11 rings (SSSR count). The molecule has 0 saturated heterocycles. The molecule has 2 aromatic heterocycles. The molecule has 274 valence electrons. The minimum Gasteiger partial charge on any atom is -0.311 e. The Hall–Kier alpha value is -7.69. The first-order valence-corrected chi connectivity index (χ1v) is 19.8. The van der Waals surface area contributed by atoms with Crippen molar-refractivity contribution in [3.8, 4) is 16.8 Å². The number of rotatable bonds is 8.